The summed E-state index contributed by atoms with van der Waals surface area (Å²) in [6.07, 6.45) is 6.32. The number of pyridine rings is 1. The topological polar surface area (TPSA) is 36.7 Å². The third-order valence-corrected chi connectivity index (χ3v) is 7.28. The molecule has 5 aromatic rings. The van der Waals surface area contributed by atoms with Gasteiger partial charge in [0, 0.05) is 17.1 Å². The zero-order chi connectivity index (χ0) is 21.2. The molecule has 1 aromatic heterocycles. The van der Waals surface area contributed by atoms with Crippen molar-refractivity contribution in [3.63, 3.8) is 0 Å². The number of hydrogen-bond donors (Lipinski definition) is 0. The first-order valence-corrected chi connectivity index (χ1v) is 11.3. The van der Waals surface area contributed by atoms with Crippen molar-refractivity contribution < 1.29 is 0 Å². The maximum atomic E-state index is 9.38. The summed E-state index contributed by atoms with van der Waals surface area (Å²) >= 11 is 0. The molecular weight excluding hydrogens is 388 g/mol. The molecule has 32 heavy (non-hydrogen) atoms. The molecule has 4 aromatic carbocycles. The molecule has 150 valence electrons. The van der Waals surface area contributed by atoms with Crippen molar-refractivity contribution in [1.82, 2.24) is 4.98 Å². The van der Waals surface area contributed by atoms with Crippen LogP contribution >= 0.6 is 0 Å². The van der Waals surface area contributed by atoms with Gasteiger partial charge in [-0.05, 0) is 106 Å². The first-order chi connectivity index (χ1) is 15.8. The molecule has 0 unspecified atom stereocenters. The highest BCUT2D eigenvalue weighted by Crippen LogP contribution is 2.44. The Balaban J connectivity index is 1.48. The first kappa shape index (κ1) is 17.7. The molecule has 2 nitrogen and oxygen atoms in total. The summed E-state index contributed by atoms with van der Waals surface area (Å²) in [7, 11) is 0. The van der Waals surface area contributed by atoms with E-state index in [1.165, 1.54) is 38.9 Å². The van der Waals surface area contributed by atoms with Gasteiger partial charge in [0.2, 0.25) is 0 Å². The Morgan fingerprint density at radius 2 is 1.34 bits per heavy atom. The summed E-state index contributed by atoms with van der Waals surface area (Å²) in [5, 5.41) is 14.0. The van der Waals surface area contributed by atoms with E-state index in [0.717, 1.165) is 52.9 Å². The Morgan fingerprint density at radius 3 is 2.09 bits per heavy atom. The van der Waals surface area contributed by atoms with Gasteiger partial charge in [-0.3, -0.25) is 4.98 Å². The lowest BCUT2D eigenvalue weighted by Gasteiger charge is -2.30. The SMILES string of the molecule is N#Cc1ccc2ccc3c(-c4cc5c6c(c4)CCc4cccc(c4-6)CC5)nccc3c2c1. The Bertz CT molecular complexity index is 1590. The number of aryl methyl sites for hydroxylation is 4. The van der Waals surface area contributed by atoms with Gasteiger partial charge in [-0.2, -0.15) is 5.26 Å². The van der Waals surface area contributed by atoms with Crippen LogP contribution in [0.25, 0.3) is 43.9 Å². The van der Waals surface area contributed by atoms with Crippen molar-refractivity contribution in [2.75, 3.05) is 0 Å². The smallest absolute Gasteiger partial charge is 0.0991 e. The van der Waals surface area contributed by atoms with Crippen LogP contribution in [-0.4, -0.2) is 4.98 Å². The number of fused-ring (bicyclic) bond motifs is 3. The molecule has 0 amide bonds. The summed E-state index contributed by atoms with van der Waals surface area (Å²) in [5.74, 6) is 0. The molecule has 2 heteroatoms. The zero-order valence-corrected chi connectivity index (χ0v) is 17.7. The molecule has 0 spiro atoms. The minimum atomic E-state index is 0.691. The molecule has 7 rings (SSSR count). The second-order valence-corrected chi connectivity index (χ2v) is 8.99. The highest BCUT2D eigenvalue weighted by Gasteiger charge is 2.26. The van der Waals surface area contributed by atoms with Crippen LogP contribution in [0, 0.1) is 11.3 Å². The van der Waals surface area contributed by atoms with Crippen molar-refractivity contribution in [3.05, 3.63) is 101 Å². The highest BCUT2D eigenvalue weighted by atomic mass is 14.7. The van der Waals surface area contributed by atoms with Crippen molar-refractivity contribution >= 4 is 21.5 Å². The van der Waals surface area contributed by atoms with Gasteiger partial charge in [-0.15, -0.1) is 0 Å². The highest BCUT2D eigenvalue weighted by molar-refractivity contribution is 6.11. The van der Waals surface area contributed by atoms with Gasteiger partial charge in [-0.1, -0.05) is 36.4 Å². The third-order valence-electron chi connectivity index (χ3n) is 7.28. The lowest BCUT2D eigenvalue weighted by atomic mass is 9.74. The van der Waals surface area contributed by atoms with Gasteiger partial charge < -0.3 is 0 Å². The number of hydrogen-bond acceptors (Lipinski definition) is 2. The zero-order valence-electron chi connectivity index (χ0n) is 17.7. The number of nitriles is 1. The van der Waals surface area contributed by atoms with Crippen molar-refractivity contribution in [2.24, 2.45) is 0 Å². The maximum absolute atomic E-state index is 9.38. The minimum absolute atomic E-state index is 0.691. The van der Waals surface area contributed by atoms with Crippen LogP contribution in [-0.2, 0) is 25.7 Å². The largest absolute Gasteiger partial charge is 0.256 e. The molecule has 0 radical (unpaired) electrons. The van der Waals surface area contributed by atoms with Gasteiger partial charge in [-0.25, -0.2) is 0 Å². The monoisotopic (exact) mass is 408 g/mol. The van der Waals surface area contributed by atoms with E-state index in [1.807, 2.05) is 24.4 Å². The molecule has 2 aliphatic rings. The molecular formula is C30H20N2. The molecule has 0 fully saturated rings. The number of aromatic nitrogens is 1. The average Bonchev–Trinajstić information content (AvgIpc) is 2.86. The molecule has 0 saturated carbocycles. The number of rotatable bonds is 1. The Hall–Kier alpha value is -3.96. The second kappa shape index (κ2) is 6.52. The molecule has 0 aliphatic heterocycles. The number of nitrogens with zero attached hydrogens (tertiary/aromatic N) is 2. The summed E-state index contributed by atoms with van der Waals surface area (Å²) in [4.78, 5) is 4.85. The van der Waals surface area contributed by atoms with Crippen LogP contribution in [0.1, 0.15) is 27.8 Å². The predicted octanol–water partition coefficient (Wildman–Crippen LogP) is 6.79. The fourth-order valence-corrected chi connectivity index (χ4v) is 5.83. The van der Waals surface area contributed by atoms with Crippen LogP contribution in [0.5, 0.6) is 0 Å². The van der Waals surface area contributed by atoms with Crippen molar-refractivity contribution in [1.29, 1.82) is 5.26 Å². The standard InChI is InChI=1S/C30H20N2/c31-17-18-4-5-19-10-11-26-25(27(19)14-18)12-13-32-30(26)24-15-22-8-6-20-2-1-3-21-7-9-23(16-24)29(22)28(20)21/h1-5,10-16H,6-9H2. The second-order valence-electron chi connectivity index (χ2n) is 8.99. The average molecular weight is 409 g/mol. The maximum Gasteiger partial charge on any atom is 0.0991 e. The van der Waals surface area contributed by atoms with Gasteiger partial charge >= 0.3 is 0 Å². The van der Waals surface area contributed by atoms with E-state index in [2.05, 4.69) is 54.6 Å². The molecule has 0 saturated heterocycles. The van der Waals surface area contributed by atoms with Crippen LogP contribution in [0.2, 0.25) is 0 Å². The van der Waals surface area contributed by atoms with E-state index in [1.54, 1.807) is 0 Å². The first-order valence-electron chi connectivity index (χ1n) is 11.3. The predicted molar refractivity (Wildman–Crippen MR) is 130 cm³/mol. The fourth-order valence-electron chi connectivity index (χ4n) is 5.83. The van der Waals surface area contributed by atoms with E-state index in [-0.39, 0.29) is 0 Å². The van der Waals surface area contributed by atoms with Gasteiger partial charge in [0.15, 0.2) is 0 Å². The summed E-state index contributed by atoms with van der Waals surface area (Å²) in [6.45, 7) is 0. The van der Waals surface area contributed by atoms with Crippen molar-refractivity contribution in [3.8, 4) is 28.5 Å². The van der Waals surface area contributed by atoms with E-state index in [0.29, 0.717) is 5.56 Å². The minimum Gasteiger partial charge on any atom is -0.256 e. The Kier molecular flexibility index (Phi) is 3.60. The number of benzene rings is 4. The molecule has 0 N–H and O–H groups in total. The van der Waals surface area contributed by atoms with E-state index in [4.69, 9.17) is 4.98 Å². The van der Waals surface area contributed by atoms with Crippen LogP contribution in [0.15, 0.2) is 72.9 Å². The summed E-state index contributed by atoms with van der Waals surface area (Å²) in [6, 6.07) is 26.2. The third kappa shape index (κ3) is 2.43. The van der Waals surface area contributed by atoms with Crippen molar-refractivity contribution in [2.45, 2.75) is 25.7 Å². The van der Waals surface area contributed by atoms with E-state index >= 15 is 0 Å². The van der Waals surface area contributed by atoms with Crippen LogP contribution in [0.4, 0.5) is 0 Å². The Labute approximate surface area is 186 Å². The van der Waals surface area contributed by atoms with Gasteiger partial charge in [0.05, 0.1) is 17.3 Å². The fraction of sp³-hybridized carbons (Fsp3) is 0.133. The van der Waals surface area contributed by atoms with Crippen LogP contribution in [0.3, 0.4) is 0 Å². The quantitative estimate of drug-likeness (QED) is 0.286. The summed E-state index contributed by atoms with van der Waals surface area (Å²) < 4.78 is 0. The normalized spacial score (nSPS) is 13.7. The lowest BCUT2D eigenvalue weighted by Crippen LogP contribution is -2.14. The van der Waals surface area contributed by atoms with E-state index in [9.17, 15) is 5.26 Å². The van der Waals surface area contributed by atoms with E-state index < -0.39 is 0 Å². The molecule has 0 bridgehead atoms. The molecule has 2 aliphatic carbocycles. The molecule has 0 atom stereocenters. The summed E-state index contributed by atoms with van der Waals surface area (Å²) in [5.41, 5.74) is 11.9. The lowest BCUT2D eigenvalue weighted by molar-refractivity contribution is 0.877. The van der Waals surface area contributed by atoms with Crippen LogP contribution < -0.4 is 0 Å². The van der Waals surface area contributed by atoms with Gasteiger partial charge in [0.1, 0.15) is 0 Å². The molecule has 1 heterocycles. The van der Waals surface area contributed by atoms with Gasteiger partial charge in [0.25, 0.3) is 0 Å². The Morgan fingerprint density at radius 1 is 0.656 bits per heavy atom.